The Labute approximate surface area is 199 Å². The van der Waals surface area contributed by atoms with Crippen molar-refractivity contribution in [2.45, 2.75) is 122 Å². The topological polar surface area (TPSA) is 77.4 Å². The number of aliphatic hydroxyl groups is 1. The molecule has 146 valence electrons. The molecular weight excluding hydrogens is 363 g/mol. The van der Waals surface area contributed by atoms with E-state index >= 15 is 0 Å². The molecule has 0 aliphatic carbocycles. The van der Waals surface area contributed by atoms with Crippen LogP contribution in [-0.4, -0.2) is 29.4 Å². The van der Waals surface area contributed by atoms with Gasteiger partial charge in [-0.25, -0.2) is 8.42 Å². The summed E-state index contributed by atoms with van der Waals surface area (Å²) >= 11 is 0. The molecule has 0 aromatic heterocycles. The van der Waals surface area contributed by atoms with E-state index in [1.165, 1.54) is 32.1 Å². The molecule has 0 heterocycles. The first-order valence-corrected chi connectivity index (χ1v) is 11.5. The summed E-state index contributed by atoms with van der Waals surface area (Å²) in [7, 11) is -4.18. The predicted molar refractivity (Wildman–Crippen MR) is 100 cm³/mol. The van der Waals surface area contributed by atoms with Crippen LogP contribution in [0.1, 0.15) is 110 Å². The summed E-state index contributed by atoms with van der Waals surface area (Å²) in [4.78, 5) is 0. The fraction of sp³-hybridized carbons (Fsp3) is 1.00. The molecule has 2 atom stereocenters. The van der Waals surface area contributed by atoms with E-state index in [2.05, 4.69) is 13.8 Å². The second kappa shape index (κ2) is 18.9. The molecule has 0 radical (unpaired) electrons. The van der Waals surface area contributed by atoms with Gasteiger partial charge in [-0.15, -0.1) is 0 Å². The molecule has 0 aliphatic heterocycles. The molecule has 2 unspecified atom stereocenters. The minimum atomic E-state index is -4.18. The first-order chi connectivity index (χ1) is 11.4. The fourth-order valence-electron chi connectivity index (χ4n) is 3.11. The van der Waals surface area contributed by atoms with E-state index in [0.29, 0.717) is 19.3 Å². The van der Waals surface area contributed by atoms with Crippen LogP contribution in [0.15, 0.2) is 0 Å². The van der Waals surface area contributed by atoms with Crippen LogP contribution in [0.25, 0.3) is 0 Å². The minimum Gasteiger partial charge on any atom is -0.748 e. The third-order valence-corrected chi connectivity index (χ3v) is 6.03. The summed E-state index contributed by atoms with van der Waals surface area (Å²) < 4.78 is 33.9. The second-order valence-electron chi connectivity index (χ2n) is 7.11. The average Bonchev–Trinajstić information content (AvgIpc) is 2.52. The van der Waals surface area contributed by atoms with Crippen LogP contribution >= 0.6 is 0 Å². The molecule has 0 spiro atoms. The maximum atomic E-state index is 11.3. The van der Waals surface area contributed by atoms with Gasteiger partial charge in [-0.3, -0.25) is 0 Å². The third kappa shape index (κ3) is 18.6. The van der Waals surface area contributed by atoms with Crippen LogP contribution in [0.4, 0.5) is 0 Å². The molecule has 0 saturated carbocycles. The summed E-state index contributed by atoms with van der Waals surface area (Å²) in [5, 5.41) is 9.23. The maximum absolute atomic E-state index is 11.3. The van der Waals surface area contributed by atoms with Gasteiger partial charge in [-0.2, -0.15) is 0 Å². The van der Waals surface area contributed by atoms with Gasteiger partial charge in [0.1, 0.15) is 0 Å². The second-order valence-corrected chi connectivity index (χ2v) is 8.76. The molecule has 0 saturated heterocycles. The van der Waals surface area contributed by atoms with Crippen molar-refractivity contribution in [2.75, 3.05) is 0 Å². The van der Waals surface area contributed by atoms with Crippen molar-refractivity contribution in [1.82, 2.24) is 0 Å². The van der Waals surface area contributed by atoms with Crippen molar-refractivity contribution in [1.29, 1.82) is 0 Å². The number of hydrogen-bond donors (Lipinski definition) is 1. The first-order valence-electron chi connectivity index (χ1n) is 10.0. The molecule has 0 fully saturated rings. The van der Waals surface area contributed by atoms with Crippen molar-refractivity contribution in [3.05, 3.63) is 0 Å². The molecule has 4 nitrogen and oxygen atoms in total. The average molecular weight is 403 g/mol. The van der Waals surface area contributed by atoms with E-state index in [1.54, 1.807) is 0 Å². The van der Waals surface area contributed by atoms with Gasteiger partial charge < -0.3 is 9.66 Å². The number of unbranched alkanes of at least 4 members (excludes halogenated alkanes) is 8. The quantitative estimate of drug-likeness (QED) is 0.230. The zero-order chi connectivity index (χ0) is 18.3. The van der Waals surface area contributed by atoms with Gasteiger partial charge in [-0.1, -0.05) is 84.5 Å². The Balaban J connectivity index is 0. The Morgan fingerprint density at radius 2 is 1.08 bits per heavy atom. The van der Waals surface area contributed by atoms with E-state index < -0.39 is 15.4 Å². The molecule has 0 aromatic carbocycles. The van der Waals surface area contributed by atoms with Gasteiger partial charge in [0.15, 0.2) is 0 Å². The molecule has 0 aromatic rings. The maximum Gasteiger partial charge on any atom is 1.00 e. The van der Waals surface area contributed by atoms with E-state index in [-0.39, 0.29) is 57.5 Å². The Kier molecular flexibility index (Phi) is 21.7. The predicted octanol–water partition coefficient (Wildman–Crippen LogP) is 2.16. The minimum absolute atomic E-state index is 0. The summed E-state index contributed by atoms with van der Waals surface area (Å²) in [5.41, 5.74) is 0. The number of rotatable bonds is 17. The largest absolute Gasteiger partial charge is 1.00 e. The standard InChI is InChI=1S/C19H40O4S.K/c1-3-5-7-8-9-11-14-18(20)15-12-13-17-19(24(21,22)23)16-10-6-4-2;/h18-20H,3-17H2,1-2H3,(H,21,22,23);/q;+1/p-1. The molecule has 1 N–H and O–H groups in total. The summed E-state index contributed by atoms with van der Waals surface area (Å²) in [5.74, 6) is 0. The first kappa shape index (κ1) is 28.7. The van der Waals surface area contributed by atoms with Gasteiger partial charge >= 0.3 is 51.4 Å². The van der Waals surface area contributed by atoms with Crippen molar-refractivity contribution in [2.24, 2.45) is 0 Å². The molecular formula is C19H39KO4S. The third-order valence-electron chi connectivity index (χ3n) is 4.74. The van der Waals surface area contributed by atoms with Crippen molar-refractivity contribution in [3.8, 4) is 0 Å². The number of hydrogen-bond acceptors (Lipinski definition) is 4. The Morgan fingerprint density at radius 3 is 1.60 bits per heavy atom. The van der Waals surface area contributed by atoms with E-state index in [9.17, 15) is 18.1 Å². The van der Waals surface area contributed by atoms with Gasteiger partial charge in [-0.05, 0) is 25.7 Å². The zero-order valence-electron chi connectivity index (χ0n) is 16.8. The van der Waals surface area contributed by atoms with Crippen LogP contribution in [0.5, 0.6) is 0 Å². The normalized spacial score (nSPS) is 14.1. The Morgan fingerprint density at radius 1 is 0.720 bits per heavy atom. The van der Waals surface area contributed by atoms with Crippen molar-refractivity contribution in [3.63, 3.8) is 0 Å². The van der Waals surface area contributed by atoms with Gasteiger partial charge in [0.2, 0.25) is 0 Å². The molecule has 6 heteroatoms. The molecule has 25 heavy (non-hydrogen) atoms. The Bertz CT molecular complexity index is 374. The summed E-state index contributed by atoms with van der Waals surface area (Å²) in [6, 6.07) is 0. The summed E-state index contributed by atoms with van der Waals surface area (Å²) in [6.07, 6.45) is 13.9. The van der Waals surface area contributed by atoms with E-state index in [4.69, 9.17) is 0 Å². The SMILES string of the molecule is CCCCCCCCC(O)CCCCC(CCCCC)S(=O)(=O)[O-].[K+]. The van der Waals surface area contributed by atoms with E-state index in [1.807, 2.05) is 0 Å². The monoisotopic (exact) mass is 402 g/mol. The van der Waals surface area contributed by atoms with Crippen LogP contribution in [0.3, 0.4) is 0 Å². The van der Waals surface area contributed by atoms with Gasteiger partial charge in [0.25, 0.3) is 0 Å². The molecule has 0 rings (SSSR count). The van der Waals surface area contributed by atoms with Crippen molar-refractivity contribution < 1.29 is 69.5 Å². The van der Waals surface area contributed by atoms with Gasteiger partial charge in [0.05, 0.1) is 16.2 Å². The zero-order valence-corrected chi connectivity index (χ0v) is 20.8. The fourth-order valence-corrected chi connectivity index (χ4v) is 4.02. The van der Waals surface area contributed by atoms with Crippen molar-refractivity contribution >= 4 is 10.1 Å². The molecule has 0 amide bonds. The Hall–Kier alpha value is 1.51. The molecule has 0 aliphatic rings. The molecule has 0 bridgehead atoms. The smallest absolute Gasteiger partial charge is 0.748 e. The number of aliphatic hydroxyl groups excluding tert-OH is 1. The van der Waals surface area contributed by atoms with Crippen LogP contribution in [0.2, 0.25) is 0 Å². The van der Waals surface area contributed by atoms with Crippen LogP contribution in [0, 0.1) is 0 Å². The van der Waals surface area contributed by atoms with Crippen LogP contribution < -0.4 is 51.4 Å². The van der Waals surface area contributed by atoms with Crippen LogP contribution in [-0.2, 0) is 10.1 Å². The summed E-state index contributed by atoms with van der Waals surface area (Å²) in [6.45, 7) is 4.27. The van der Waals surface area contributed by atoms with E-state index in [0.717, 1.165) is 44.9 Å². The van der Waals surface area contributed by atoms with Gasteiger partial charge in [0, 0.05) is 5.25 Å².